The number of oxime groups is 1. The number of aryl methyl sites for hydroxylation is 1. The number of carbonyl (C=O) groups excluding carboxylic acids is 5. The number of quaternary nitrogens is 1. The van der Waals surface area contributed by atoms with Crippen LogP contribution in [-0.4, -0.2) is 170 Å². The normalized spacial score (nSPS) is 23.0. The number of likely N-dealkylation sites (tertiary alicyclic amines) is 1. The van der Waals surface area contributed by atoms with E-state index in [1.54, 1.807) is 5.38 Å². The number of hydrogen-bond donors (Lipinski definition) is 4. The number of nitrogen functional groups attached to an aromatic ring is 1. The van der Waals surface area contributed by atoms with Gasteiger partial charge in [-0.1, -0.05) is 28.3 Å². The Morgan fingerprint density at radius 3 is 2.30 bits per heavy atom. The van der Waals surface area contributed by atoms with E-state index in [2.05, 4.69) is 53.5 Å². The summed E-state index contributed by atoms with van der Waals surface area (Å²) in [6, 6.07) is -1.67. The molecule has 324 valence electrons. The van der Waals surface area contributed by atoms with Crippen LogP contribution < -0.4 is 21.5 Å². The number of fused-ring (bicyclic) bond motifs is 2. The highest BCUT2D eigenvalue weighted by atomic mass is 32.2. The van der Waals surface area contributed by atoms with Gasteiger partial charge in [0.1, 0.15) is 65.8 Å². The van der Waals surface area contributed by atoms with E-state index in [1.165, 1.54) is 74.5 Å². The van der Waals surface area contributed by atoms with Gasteiger partial charge in [0.2, 0.25) is 5.91 Å². The summed E-state index contributed by atoms with van der Waals surface area (Å²) in [6.45, 7) is 4.25. The average Bonchev–Trinajstić information content (AvgIpc) is 4.07. The predicted octanol–water partition coefficient (Wildman–Crippen LogP) is -1.92. The fourth-order valence-corrected chi connectivity index (χ4v) is 12.5. The lowest BCUT2D eigenvalue weighted by molar-refractivity contribution is -0.893. The smallest absolute Gasteiger partial charge is 0.352 e. The molecule has 0 aliphatic carbocycles. The maximum Gasteiger partial charge on any atom is 0.352 e. The number of nitrogens with two attached hydrogens (primary N) is 1. The molecule has 8 heterocycles. The lowest BCUT2D eigenvalue weighted by Crippen LogP contribution is -2.71. The summed E-state index contributed by atoms with van der Waals surface area (Å²) in [6.07, 6.45) is 3.50. The molecule has 28 heteroatoms. The van der Waals surface area contributed by atoms with Gasteiger partial charge in [-0.2, -0.15) is 0 Å². The number of carbonyl (C=O) groups is 6. The molecule has 4 amide bonds. The van der Waals surface area contributed by atoms with Crippen molar-refractivity contribution in [2.45, 2.75) is 53.5 Å². The molecule has 0 spiro atoms. The van der Waals surface area contributed by atoms with Crippen molar-refractivity contribution in [1.29, 1.82) is 0 Å². The zero-order chi connectivity index (χ0) is 43.6. The molecule has 0 radical (unpaired) electrons. The minimum absolute atomic E-state index is 0.0153. The first-order valence-electron chi connectivity index (χ1n) is 18.4. The Hall–Kier alpha value is -5.16. The number of carboxylic acid groups (broad SMARTS) is 2. The van der Waals surface area contributed by atoms with Crippen molar-refractivity contribution in [2.75, 3.05) is 56.8 Å². The zero-order valence-corrected chi connectivity index (χ0v) is 36.7. The number of rotatable bonds is 14. The molecule has 5 N–H and O–H groups in total. The predicted molar refractivity (Wildman–Crippen MR) is 220 cm³/mol. The van der Waals surface area contributed by atoms with E-state index in [0.29, 0.717) is 34.9 Å². The van der Waals surface area contributed by atoms with Gasteiger partial charge in [-0.15, -0.1) is 50.2 Å². The Balaban J connectivity index is 0.000000185. The van der Waals surface area contributed by atoms with Gasteiger partial charge in [-0.05, 0) is 22.9 Å². The van der Waals surface area contributed by atoms with Crippen LogP contribution in [0.15, 0.2) is 43.7 Å². The molecule has 4 atom stereocenters. The number of amides is 4. The Kier molecular flexibility index (Phi) is 13.3. The van der Waals surface area contributed by atoms with E-state index < -0.39 is 58.4 Å². The number of aromatic nitrogens is 7. The van der Waals surface area contributed by atoms with E-state index in [1.807, 2.05) is 6.92 Å². The van der Waals surface area contributed by atoms with E-state index in [-0.39, 0.29) is 34.5 Å². The molecule has 5 aliphatic heterocycles. The summed E-state index contributed by atoms with van der Waals surface area (Å²) >= 11 is 6.81. The number of carboxylic acids is 2. The van der Waals surface area contributed by atoms with Crippen LogP contribution in [0.5, 0.6) is 0 Å². The van der Waals surface area contributed by atoms with Crippen molar-refractivity contribution < 1.29 is 48.3 Å². The highest BCUT2D eigenvalue weighted by Gasteiger charge is 2.55. The first-order valence-corrected chi connectivity index (χ1v) is 23.1. The quantitative estimate of drug-likeness (QED) is 0.0450. The maximum atomic E-state index is 12.9. The molecular weight excluding hydrogens is 897 g/mol. The van der Waals surface area contributed by atoms with E-state index in [4.69, 9.17) is 10.6 Å². The fourth-order valence-electron chi connectivity index (χ4n) is 7.31. The molecule has 3 saturated heterocycles. The number of hydrogen-bond acceptors (Lipinski definition) is 21. The van der Waals surface area contributed by atoms with Crippen LogP contribution >= 0.6 is 58.0 Å². The number of thiazole rings is 1. The summed E-state index contributed by atoms with van der Waals surface area (Å²) in [7, 11) is 3.39. The molecule has 5 aliphatic rings. The van der Waals surface area contributed by atoms with Gasteiger partial charge in [0.25, 0.3) is 17.7 Å². The first-order chi connectivity index (χ1) is 29.2. The monoisotopic (exact) mass is 934 g/mol. The molecular formula is C33H38N14O9S5. The second-order valence-corrected chi connectivity index (χ2v) is 19.8. The van der Waals surface area contributed by atoms with Gasteiger partial charge in [0.15, 0.2) is 15.2 Å². The highest BCUT2D eigenvalue weighted by Crippen LogP contribution is 2.43. The van der Waals surface area contributed by atoms with E-state index >= 15 is 0 Å². The van der Waals surface area contributed by atoms with Crippen LogP contribution in [0.3, 0.4) is 0 Å². The molecule has 23 nitrogen and oxygen atoms in total. The SMILES string of the molecule is CO/N=C(\C(=O)N[C@@H]1C(=O)N2C(C(=O)[O-])=C(C[N+]3(C)CCCC3)CS[C@H]12)c1csc(N)n1.Cc1nnc(SCC2=C(C(=O)O)N3C(=O)[C@@H](NC(=O)Cn4cnnn4)[C@H]3SC2)s1. The van der Waals surface area contributed by atoms with E-state index in [0.717, 1.165) is 51.1 Å². The van der Waals surface area contributed by atoms with Crippen molar-refractivity contribution >= 4 is 104 Å². The standard InChI is InChI=1S/C19H24N6O5S2.C14H14N8O4S3/c1-25(5-3-4-6-25)7-10-8-31-17-13(16(27)24(17)14(10)18(28)29)22-15(26)12(23-30-2)11-9-32-19(20)21-11;1-6-17-18-14(29-6)28-4-7-3-27-12-9(11(24)22(12)10(7)13(25)26)16-8(23)2-21-5-15-19-20-21/h9,13,17H,3-8H2,1-2H3,(H3-,20,21,22,26,28,29);5,9,12H,2-4H2,1H3,(H,16,23)(H,25,26)/b23-12-;/t13-,17-;9-,12-/m11/s1. The molecule has 61 heavy (non-hydrogen) atoms. The number of aliphatic carboxylic acids is 2. The molecule has 8 rings (SSSR count). The Bertz CT molecular complexity index is 2330. The van der Waals surface area contributed by atoms with Gasteiger partial charge >= 0.3 is 5.97 Å². The second-order valence-electron chi connectivity index (χ2n) is 14.3. The van der Waals surface area contributed by atoms with Crippen LogP contribution in [0.4, 0.5) is 5.13 Å². The first kappa shape index (κ1) is 43.9. The van der Waals surface area contributed by atoms with Crippen LogP contribution in [0.2, 0.25) is 0 Å². The van der Waals surface area contributed by atoms with Crippen LogP contribution in [-0.2, 0) is 40.1 Å². The lowest BCUT2D eigenvalue weighted by Gasteiger charge is -2.51. The summed E-state index contributed by atoms with van der Waals surface area (Å²) in [5.74, 6) is -3.25. The van der Waals surface area contributed by atoms with Crippen molar-refractivity contribution in [3.63, 3.8) is 0 Å². The minimum Gasteiger partial charge on any atom is -0.543 e. The number of nitrogens with zero attached hydrogens (tertiary/aromatic N) is 11. The third-order valence-corrected chi connectivity index (χ3v) is 15.5. The topological polar surface area (TPSA) is 306 Å². The molecule has 0 saturated carbocycles. The number of nitrogens with one attached hydrogen (secondary N) is 2. The number of β-lactam (4-membered cyclic amide) rings is 2. The minimum atomic E-state index is -1.37. The fraction of sp³-hybridized carbons (Fsp3) is 0.485. The largest absolute Gasteiger partial charge is 0.543 e. The molecule has 3 aromatic heterocycles. The lowest BCUT2D eigenvalue weighted by atomic mass is 10.0. The zero-order valence-electron chi connectivity index (χ0n) is 32.6. The molecule has 0 bridgehead atoms. The Labute approximate surface area is 367 Å². The molecule has 0 unspecified atom stereocenters. The van der Waals surface area contributed by atoms with Crippen molar-refractivity contribution in [3.8, 4) is 0 Å². The van der Waals surface area contributed by atoms with Crippen molar-refractivity contribution in [3.05, 3.63) is 44.9 Å². The van der Waals surface area contributed by atoms with Crippen molar-refractivity contribution in [1.82, 2.24) is 55.8 Å². The average molecular weight is 935 g/mol. The summed E-state index contributed by atoms with van der Waals surface area (Å²) in [5.41, 5.74) is 7.01. The van der Waals surface area contributed by atoms with Crippen LogP contribution in [0, 0.1) is 6.92 Å². The van der Waals surface area contributed by atoms with Crippen molar-refractivity contribution in [2.24, 2.45) is 5.16 Å². The maximum absolute atomic E-state index is 12.9. The molecule has 0 aromatic carbocycles. The van der Waals surface area contributed by atoms with Crippen LogP contribution in [0.1, 0.15) is 23.5 Å². The van der Waals surface area contributed by atoms with Gasteiger partial charge in [-0.25, -0.2) is 14.5 Å². The highest BCUT2D eigenvalue weighted by molar-refractivity contribution is 8.02. The van der Waals surface area contributed by atoms with Gasteiger partial charge < -0.3 is 40.7 Å². The molecule has 3 fully saturated rings. The summed E-state index contributed by atoms with van der Waals surface area (Å²) < 4.78 is 2.74. The number of tetrazole rings is 1. The number of anilines is 1. The third-order valence-electron chi connectivity index (χ3n) is 10.0. The summed E-state index contributed by atoms with van der Waals surface area (Å²) in [5, 5.41) is 50.7. The second kappa shape index (κ2) is 18.4. The Morgan fingerprint density at radius 2 is 1.72 bits per heavy atom. The van der Waals surface area contributed by atoms with Crippen LogP contribution in [0.25, 0.3) is 0 Å². The Morgan fingerprint density at radius 1 is 1.05 bits per heavy atom. The van der Waals surface area contributed by atoms with Gasteiger partial charge in [-0.3, -0.25) is 29.0 Å². The molecule has 3 aromatic rings. The van der Waals surface area contributed by atoms with Gasteiger partial charge in [0, 0.05) is 41.1 Å². The van der Waals surface area contributed by atoms with E-state index in [9.17, 15) is 39.0 Å². The number of likely N-dealkylation sites (N-methyl/N-ethyl adjacent to an activating group) is 1. The summed E-state index contributed by atoms with van der Waals surface area (Å²) in [4.78, 5) is 85.5. The third kappa shape index (κ3) is 9.37. The number of thioether (sulfide) groups is 3. The van der Waals surface area contributed by atoms with Gasteiger partial charge in [0.05, 0.1) is 31.8 Å².